The summed E-state index contributed by atoms with van der Waals surface area (Å²) in [6.45, 7) is 0.186. The molecular weight excluding hydrogens is 523 g/mol. The van der Waals surface area contributed by atoms with E-state index in [1.807, 2.05) is 47.2 Å². The Morgan fingerprint density at radius 2 is 1.77 bits per heavy atom. The van der Waals surface area contributed by atoms with Crippen molar-refractivity contribution in [2.45, 2.75) is 24.2 Å². The summed E-state index contributed by atoms with van der Waals surface area (Å²) in [4.78, 5) is 12.3. The van der Waals surface area contributed by atoms with Gasteiger partial charge in [-0.1, -0.05) is 30.3 Å². The number of halogens is 1. The first-order valence-electron chi connectivity index (χ1n) is 12.5. The highest BCUT2D eigenvalue weighted by Gasteiger charge is 2.25. The Kier molecular flexibility index (Phi) is 6.43. The lowest BCUT2D eigenvalue weighted by Crippen LogP contribution is -2.40. The van der Waals surface area contributed by atoms with Crippen LogP contribution >= 0.6 is 0 Å². The second kappa shape index (κ2) is 10.1. The van der Waals surface area contributed by atoms with Crippen molar-refractivity contribution in [2.75, 3.05) is 19.8 Å². The van der Waals surface area contributed by atoms with Crippen molar-refractivity contribution in [1.82, 2.24) is 19.8 Å². The molecule has 0 radical (unpaired) electrons. The van der Waals surface area contributed by atoms with Gasteiger partial charge in [0.25, 0.3) is 10.0 Å². The largest absolute Gasteiger partial charge is 0.486 e. The first-order valence-corrected chi connectivity index (χ1v) is 14.0. The van der Waals surface area contributed by atoms with E-state index in [0.717, 1.165) is 34.9 Å². The zero-order valence-electron chi connectivity index (χ0n) is 20.8. The molecule has 1 aliphatic carbocycles. The summed E-state index contributed by atoms with van der Waals surface area (Å²) in [7, 11) is -4.22. The highest BCUT2D eigenvalue weighted by atomic mass is 32.2. The molecule has 1 aromatic heterocycles. The number of nitrogens with one attached hydrogen (secondary N) is 2. The molecule has 0 bridgehead atoms. The number of rotatable bonds is 5. The average Bonchev–Trinajstić information content (AvgIpc) is 3.39. The third kappa shape index (κ3) is 4.92. The third-order valence-corrected chi connectivity index (χ3v) is 8.09. The number of nitrogens with zero attached hydrogens (tertiary/aromatic N) is 2. The van der Waals surface area contributed by atoms with Gasteiger partial charge in [-0.25, -0.2) is 27.0 Å². The number of amides is 2. The van der Waals surface area contributed by atoms with Gasteiger partial charge in [-0.2, -0.15) is 5.10 Å². The second-order valence-electron chi connectivity index (χ2n) is 9.29. The van der Waals surface area contributed by atoms with Gasteiger partial charge < -0.3 is 14.8 Å². The molecule has 2 amide bonds. The van der Waals surface area contributed by atoms with Crippen molar-refractivity contribution in [1.29, 1.82) is 0 Å². The Hall–Kier alpha value is -4.38. The van der Waals surface area contributed by atoms with Gasteiger partial charge in [0.1, 0.15) is 19.0 Å². The Morgan fingerprint density at radius 3 is 2.62 bits per heavy atom. The number of ether oxygens (including phenoxy) is 2. The van der Waals surface area contributed by atoms with E-state index in [1.54, 1.807) is 10.9 Å². The second-order valence-corrected chi connectivity index (χ2v) is 11.0. The van der Waals surface area contributed by atoms with Gasteiger partial charge in [0, 0.05) is 11.6 Å². The quantitative estimate of drug-likeness (QED) is 0.380. The van der Waals surface area contributed by atoms with Crippen LogP contribution in [0, 0.1) is 0 Å². The van der Waals surface area contributed by atoms with E-state index in [4.69, 9.17) is 9.47 Å². The predicted octanol–water partition coefficient (Wildman–Crippen LogP) is 4.50. The molecule has 2 aliphatic rings. The van der Waals surface area contributed by atoms with Crippen LogP contribution in [0.2, 0.25) is 0 Å². The number of sulfonamides is 1. The average molecular weight is 549 g/mol. The molecule has 3 aromatic carbocycles. The van der Waals surface area contributed by atoms with Crippen LogP contribution in [-0.2, 0) is 16.4 Å². The molecule has 2 heterocycles. The molecule has 2 N–H and O–H groups in total. The van der Waals surface area contributed by atoms with Crippen LogP contribution in [0.4, 0.5) is 9.18 Å². The first kappa shape index (κ1) is 24.9. The lowest BCUT2D eigenvalue weighted by atomic mass is 9.92. The number of hydrogen-bond donors (Lipinski definition) is 2. The van der Waals surface area contributed by atoms with Crippen LogP contribution in [0.25, 0.3) is 22.0 Å². The molecule has 0 saturated heterocycles. The summed E-state index contributed by atoms with van der Waals surface area (Å²) >= 11 is 0. The van der Waals surface area contributed by atoms with Crippen LogP contribution in [0.1, 0.15) is 24.1 Å². The van der Waals surface area contributed by atoms with E-state index in [-0.39, 0.29) is 10.6 Å². The van der Waals surface area contributed by atoms with Crippen LogP contribution < -0.4 is 19.5 Å². The Morgan fingerprint density at radius 1 is 0.974 bits per heavy atom. The van der Waals surface area contributed by atoms with E-state index in [0.29, 0.717) is 36.7 Å². The lowest BCUT2D eigenvalue weighted by Gasteiger charge is -2.20. The monoisotopic (exact) mass is 548 g/mol. The molecule has 11 heteroatoms. The summed E-state index contributed by atoms with van der Waals surface area (Å²) < 4.78 is 55.4. The van der Waals surface area contributed by atoms with Gasteiger partial charge in [-0.15, -0.1) is 0 Å². The fourth-order valence-corrected chi connectivity index (χ4v) is 5.85. The maximum atomic E-state index is 15.5. The fourth-order valence-electron chi connectivity index (χ4n) is 4.90. The van der Waals surface area contributed by atoms with Gasteiger partial charge in [0.05, 0.1) is 29.0 Å². The van der Waals surface area contributed by atoms with E-state index < -0.39 is 28.4 Å². The van der Waals surface area contributed by atoms with Gasteiger partial charge in [-0.05, 0) is 59.9 Å². The summed E-state index contributed by atoms with van der Waals surface area (Å²) in [5.74, 6) is 0.148. The lowest BCUT2D eigenvalue weighted by molar-refractivity contribution is 0.171. The van der Waals surface area contributed by atoms with Crippen molar-refractivity contribution in [3.8, 4) is 17.2 Å². The molecule has 6 rings (SSSR count). The maximum Gasteiger partial charge on any atom is 0.329 e. The van der Waals surface area contributed by atoms with Gasteiger partial charge in [0.15, 0.2) is 11.5 Å². The smallest absolute Gasteiger partial charge is 0.329 e. The molecule has 1 aliphatic heterocycles. The Balaban J connectivity index is 1.20. The van der Waals surface area contributed by atoms with Crippen LogP contribution in [0.5, 0.6) is 11.5 Å². The Bertz CT molecular complexity index is 1730. The van der Waals surface area contributed by atoms with Crippen LogP contribution in [0.3, 0.4) is 0 Å². The number of urea groups is 1. The summed E-state index contributed by atoms with van der Waals surface area (Å²) in [6, 6.07) is 16.9. The zero-order valence-corrected chi connectivity index (χ0v) is 21.6. The molecule has 39 heavy (non-hydrogen) atoms. The number of aryl methyl sites for hydroxylation is 1. The SMILES string of the molecule is O=C(NC/C(F)=C1/CCCc2cnn(-c3ccc4ccccc4c3)c21)NS(=O)(=O)c1ccc2c(c1)OCCO2. The minimum absolute atomic E-state index is 0.170. The molecule has 0 saturated carbocycles. The minimum Gasteiger partial charge on any atom is -0.486 e. The maximum absolute atomic E-state index is 15.5. The highest BCUT2D eigenvalue weighted by molar-refractivity contribution is 7.90. The van der Waals surface area contributed by atoms with Gasteiger partial charge >= 0.3 is 6.03 Å². The molecule has 0 fully saturated rings. The number of benzene rings is 3. The van der Waals surface area contributed by atoms with Gasteiger partial charge in [0.2, 0.25) is 0 Å². The van der Waals surface area contributed by atoms with Crippen molar-refractivity contribution in [3.05, 3.63) is 83.9 Å². The Labute approximate surface area is 224 Å². The molecular formula is C28H25FN4O5S. The number of allylic oxidation sites excluding steroid dienone is 1. The molecule has 0 unspecified atom stereocenters. The number of aromatic nitrogens is 2. The number of carbonyl (C=O) groups excluding carboxylic acids is 1. The number of carbonyl (C=O) groups is 1. The molecule has 0 atom stereocenters. The highest BCUT2D eigenvalue weighted by Crippen LogP contribution is 2.35. The fraction of sp³-hybridized carbons (Fsp3) is 0.214. The van der Waals surface area contributed by atoms with Crippen LogP contribution in [-0.4, -0.2) is 44.0 Å². The normalized spacial score (nSPS) is 15.9. The molecule has 9 nitrogen and oxygen atoms in total. The standard InChI is InChI=1S/C28H25FN4O5S/c29-24(17-30-28(34)32-39(35,36)22-10-11-25-26(15-22)38-13-12-37-25)23-7-3-6-20-16-31-33(27(20)23)21-9-8-18-4-1-2-5-19(18)14-21/h1-2,4-5,8-11,14-16H,3,6-7,12-13,17H2,(H2,30,32,34)/b24-23+. The summed E-state index contributed by atoms with van der Waals surface area (Å²) in [6.07, 6.45) is 3.72. The number of fused-ring (bicyclic) bond motifs is 3. The topological polar surface area (TPSA) is 112 Å². The minimum atomic E-state index is -4.22. The first-order chi connectivity index (χ1) is 18.9. The van der Waals surface area contributed by atoms with E-state index in [2.05, 4.69) is 10.4 Å². The summed E-state index contributed by atoms with van der Waals surface area (Å²) in [5.41, 5.74) is 2.83. The van der Waals surface area contributed by atoms with Crippen molar-refractivity contribution in [3.63, 3.8) is 0 Å². The molecule has 0 spiro atoms. The number of hydrogen-bond acceptors (Lipinski definition) is 6. The third-order valence-electron chi connectivity index (χ3n) is 6.76. The van der Waals surface area contributed by atoms with E-state index >= 15 is 4.39 Å². The predicted molar refractivity (Wildman–Crippen MR) is 143 cm³/mol. The van der Waals surface area contributed by atoms with Crippen LogP contribution in [0.15, 0.2) is 77.6 Å². The van der Waals surface area contributed by atoms with Gasteiger partial charge in [-0.3, -0.25) is 0 Å². The summed E-state index contributed by atoms with van der Waals surface area (Å²) in [5, 5.41) is 8.99. The van der Waals surface area contributed by atoms with Crippen molar-refractivity contribution in [2.24, 2.45) is 0 Å². The zero-order chi connectivity index (χ0) is 27.0. The molecule has 4 aromatic rings. The van der Waals surface area contributed by atoms with E-state index in [1.165, 1.54) is 18.2 Å². The van der Waals surface area contributed by atoms with E-state index in [9.17, 15) is 13.2 Å². The van der Waals surface area contributed by atoms with Crippen molar-refractivity contribution >= 4 is 32.4 Å². The molecule has 200 valence electrons. The van der Waals surface area contributed by atoms with Crippen molar-refractivity contribution < 1.29 is 27.1 Å².